The first-order chi connectivity index (χ1) is 8.33. The standard InChI is InChI=1S/C8H7N3O6S/c12-8(13)5-9-10-18(16,17)7-3-1-2-6(4-7)11(14)15/h1-5,10H,(H,12,13)/b9-5-. The van der Waals surface area contributed by atoms with Gasteiger partial charge < -0.3 is 5.11 Å². The van der Waals surface area contributed by atoms with Gasteiger partial charge in [-0.25, -0.2) is 4.79 Å². The number of rotatable bonds is 5. The number of nitrogens with zero attached hydrogens (tertiary/aromatic N) is 2. The Morgan fingerprint density at radius 3 is 2.72 bits per heavy atom. The van der Waals surface area contributed by atoms with Crippen molar-refractivity contribution in [3.05, 3.63) is 34.4 Å². The summed E-state index contributed by atoms with van der Waals surface area (Å²) in [6.07, 6.45) is 0.342. The minimum absolute atomic E-state index is 0.342. The molecule has 1 aromatic carbocycles. The molecule has 2 N–H and O–H groups in total. The van der Waals surface area contributed by atoms with Crippen molar-refractivity contribution in [2.45, 2.75) is 4.90 Å². The molecule has 0 saturated heterocycles. The van der Waals surface area contributed by atoms with Crippen molar-refractivity contribution in [2.75, 3.05) is 0 Å². The summed E-state index contributed by atoms with van der Waals surface area (Å²) in [5, 5.41) is 21.7. The third-order valence-electron chi connectivity index (χ3n) is 1.69. The van der Waals surface area contributed by atoms with Crippen molar-refractivity contribution >= 4 is 27.9 Å². The topological polar surface area (TPSA) is 139 Å². The normalized spacial score (nSPS) is 11.3. The summed E-state index contributed by atoms with van der Waals surface area (Å²) in [5.74, 6) is -1.43. The minimum Gasteiger partial charge on any atom is -0.477 e. The van der Waals surface area contributed by atoms with E-state index in [1.165, 1.54) is 6.07 Å². The van der Waals surface area contributed by atoms with Crippen LogP contribution in [-0.4, -0.2) is 30.6 Å². The predicted octanol–water partition coefficient (Wildman–Crippen LogP) is -0.0565. The lowest BCUT2D eigenvalue weighted by molar-refractivity contribution is -0.385. The minimum atomic E-state index is -4.13. The highest BCUT2D eigenvalue weighted by molar-refractivity contribution is 7.89. The predicted molar refractivity (Wildman–Crippen MR) is 59.5 cm³/mol. The summed E-state index contributed by atoms with van der Waals surface area (Å²) in [7, 11) is -4.13. The molecular weight excluding hydrogens is 266 g/mol. The maximum Gasteiger partial charge on any atom is 0.348 e. The van der Waals surface area contributed by atoms with Gasteiger partial charge >= 0.3 is 5.97 Å². The van der Waals surface area contributed by atoms with Gasteiger partial charge in [0.1, 0.15) is 6.21 Å². The average Bonchev–Trinajstić information content (AvgIpc) is 2.28. The highest BCUT2D eigenvalue weighted by Crippen LogP contribution is 2.16. The van der Waals surface area contributed by atoms with E-state index in [2.05, 4.69) is 5.10 Å². The largest absolute Gasteiger partial charge is 0.477 e. The van der Waals surface area contributed by atoms with Crippen LogP contribution >= 0.6 is 0 Å². The van der Waals surface area contributed by atoms with Crippen molar-refractivity contribution in [2.24, 2.45) is 5.10 Å². The number of carboxylic acids is 1. The van der Waals surface area contributed by atoms with Gasteiger partial charge in [0.25, 0.3) is 15.7 Å². The molecule has 96 valence electrons. The Kier molecular flexibility index (Phi) is 3.94. The van der Waals surface area contributed by atoms with Crippen LogP contribution in [0.2, 0.25) is 0 Å². The van der Waals surface area contributed by atoms with E-state index in [0.717, 1.165) is 18.2 Å². The molecule has 0 aromatic heterocycles. The van der Waals surface area contributed by atoms with Gasteiger partial charge in [-0.15, -0.1) is 0 Å². The molecule has 18 heavy (non-hydrogen) atoms. The van der Waals surface area contributed by atoms with E-state index in [0.29, 0.717) is 6.21 Å². The van der Waals surface area contributed by atoms with Crippen molar-refractivity contribution in [3.63, 3.8) is 0 Å². The van der Waals surface area contributed by atoms with E-state index in [1.807, 2.05) is 0 Å². The third kappa shape index (κ3) is 3.52. The molecule has 0 heterocycles. The number of hydrogen-bond acceptors (Lipinski definition) is 6. The molecule has 0 radical (unpaired) electrons. The molecular formula is C8H7N3O6S. The molecule has 0 fully saturated rings. The lowest BCUT2D eigenvalue weighted by atomic mass is 10.3. The van der Waals surface area contributed by atoms with E-state index >= 15 is 0 Å². The van der Waals surface area contributed by atoms with Crippen LogP contribution in [0.25, 0.3) is 0 Å². The molecule has 0 atom stereocenters. The van der Waals surface area contributed by atoms with E-state index in [4.69, 9.17) is 5.11 Å². The van der Waals surface area contributed by atoms with E-state index < -0.39 is 26.6 Å². The zero-order valence-electron chi connectivity index (χ0n) is 8.68. The SMILES string of the molecule is O=C(O)/C=N\NS(=O)(=O)c1cccc([N+](=O)[O-])c1. The number of aliphatic carboxylic acids is 1. The molecule has 0 unspecified atom stereocenters. The Morgan fingerprint density at radius 2 is 2.17 bits per heavy atom. The second kappa shape index (κ2) is 5.23. The fourth-order valence-electron chi connectivity index (χ4n) is 0.968. The highest BCUT2D eigenvalue weighted by Gasteiger charge is 2.16. The number of hydrogen-bond donors (Lipinski definition) is 2. The number of nitro benzene ring substituents is 1. The molecule has 0 aliphatic carbocycles. The maximum absolute atomic E-state index is 11.5. The van der Waals surface area contributed by atoms with Crippen LogP contribution in [0.5, 0.6) is 0 Å². The van der Waals surface area contributed by atoms with Crippen LogP contribution in [0, 0.1) is 10.1 Å². The second-order valence-corrected chi connectivity index (χ2v) is 4.61. The average molecular weight is 273 g/mol. The number of non-ortho nitro benzene ring substituents is 1. The van der Waals surface area contributed by atoms with E-state index in [1.54, 1.807) is 4.83 Å². The Balaban J connectivity index is 3.02. The summed E-state index contributed by atoms with van der Waals surface area (Å²) < 4.78 is 23.1. The lowest BCUT2D eigenvalue weighted by Gasteiger charge is -2.02. The molecule has 0 saturated carbocycles. The summed E-state index contributed by atoms with van der Waals surface area (Å²) in [6.45, 7) is 0. The summed E-state index contributed by atoms with van der Waals surface area (Å²) in [4.78, 5) is 21.0. The van der Waals surface area contributed by atoms with Gasteiger partial charge in [-0.3, -0.25) is 10.1 Å². The summed E-state index contributed by atoms with van der Waals surface area (Å²) in [6, 6.07) is 4.26. The fourth-order valence-corrected chi connectivity index (χ4v) is 1.80. The molecule has 1 aromatic rings. The van der Waals surface area contributed by atoms with Gasteiger partial charge in [0.2, 0.25) is 0 Å². The van der Waals surface area contributed by atoms with Crippen molar-refractivity contribution < 1.29 is 23.2 Å². The van der Waals surface area contributed by atoms with Crippen LogP contribution in [-0.2, 0) is 14.8 Å². The molecule has 0 aliphatic rings. The monoisotopic (exact) mass is 273 g/mol. The molecule has 0 amide bonds. The number of nitro groups is 1. The van der Waals surface area contributed by atoms with Crippen LogP contribution < -0.4 is 4.83 Å². The molecule has 10 heteroatoms. The molecule has 1 rings (SSSR count). The molecule has 0 aliphatic heterocycles. The summed E-state index contributed by atoms with van der Waals surface area (Å²) in [5.41, 5.74) is -0.403. The van der Waals surface area contributed by atoms with Gasteiger partial charge in [-0.1, -0.05) is 6.07 Å². The Bertz CT molecular complexity index is 609. The maximum atomic E-state index is 11.5. The van der Waals surface area contributed by atoms with Gasteiger partial charge in [-0.2, -0.15) is 18.4 Å². The van der Waals surface area contributed by atoms with Crippen molar-refractivity contribution in [1.29, 1.82) is 0 Å². The number of sulfonamides is 1. The summed E-state index contributed by atoms with van der Waals surface area (Å²) >= 11 is 0. The molecule has 9 nitrogen and oxygen atoms in total. The number of hydrazone groups is 1. The zero-order chi connectivity index (χ0) is 13.8. The number of carbonyl (C=O) groups is 1. The van der Waals surface area contributed by atoms with Gasteiger partial charge in [-0.05, 0) is 6.07 Å². The first-order valence-corrected chi connectivity index (χ1v) is 5.83. The lowest BCUT2D eigenvalue weighted by Crippen LogP contribution is -2.19. The zero-order valence-corrected chi connectivity index (χ0v) is 9.49. The van der Waals surface area contributed by atoms with Crippen LogP contribution in [0.1, 0.15) is 0 Å². The molecule has 0 spiro atoms. The van der Waals surface area contributed by atoms with E-state index in [9.17, 15) is 23.3 Å². The Hall–Kier alpha value is -2.49. The van der Waals surface area contributed by atoms with Gasteiger partial charge in [0.05, 0.1) is 9.82 Å². The number of nitrogens with one attached hydrogen (secondary N) is 1. The van der Waals surface area contributed by atoms with Crippen molar-refractivity contribution in [3.8, 4) is 0 Å². The Labute approximate surface area is 101 Å². The van der Waals surface area contributed by atoms with Gasteiger partial charge in [0, 0.05) is 12.1 Å². The number of benzene rings is 1. The first-order valence-electron chi connectivity index (χ1n) is 4.35. The van der Waals surface area contributed by atoms with Crippen LogP contribution in [0.15, 0.2) is 34.3 Å². The second-order valence-electron chi connectivity index (χ2n) is 2.95. The van der Waals surface area contributed by atoms with Crippen LogP contribution in [0.4, 0.5) is 5.69 Å². The van der Waals surface area contributed by atoms with Gasteiger partial charge in [0.15, 0.2) is 0 Å². The smallest absolute Gasteiger partial charge is 0.348 e. The first kappa shape index (κ1) is 13.6. The number of carboxylic acid groups (broad SMARTS) is 1. The fraction of sp³-hybridized carbons (Fsp3) is 0. The Morgan fingerprint density at radius 1 is 1.50 bits per heavy atom. The highest BCUT2D eigenvalue weighted by atomic mass is 32.2. The van der Waals surface area contributed by atoms with Crippen molar-refractivity contribution in [1.82, 2.24) is 4.83 Å². The van der Waals surface area contributed by atoms with Crippen LogP contribution in [0.3, 0.4) is 0 Å². The quantitative estimate of drug-likeness (QED) is 0.437. The third-order valence-corrected chi connectivity index (χ3v) is 2.91. The molecule has 0 bridgehead atoms. The van der Waals surface area contributed by atoms with E-state index in [-0.39, 0.29) is 4.90 Å².